The number of carbonyl (C=O) groups excluding carboxylic acids is 2. The Bertz CT molecular complexity index is 567. The molecule has 1 aromatic rings. The summed E-state index contributed by atoms with van der Waals surface area (Å²) in [6.45, 7) is 0.229. The van der Waals surface area contributed by atoms with E-state index in [0.29, 0.717) is 4.88 Å². The normalized spacial score (nSPS) is 19.2. The Morgan fingerprint density at radius 2 is 1.87 bits per heavy atom. The van der Waals surface area contributed by atoms with E-state index in [1.807, 2.05) is 6.07 Å². The average molecular weight is 336 g/mol. The summed E-state index contributed by atoms with van der Waals surface area (Å²) in [7, 11) is 0. The van der Waals surface area contributed by atoms with Gasteiger partial charge >= 0.3 is 0 Å². The van der Waals surface area contributed by atoms with Crippen LogP contribution in [0.1, 0.15) is 58.6 Å². The van der Waals surface area contributed by atoms with Crippen LogP contribution in [0.25, 0.3) is 0 Å². The Hall–Kier alpha value is -1.40. The van der Waals surface area contributed by atoms with Crippen molar-refractivity contribution >= 4 is 23.2 Å². The van der Waals surface area contributed by atoms with E-state index in [1.54, 1.807) is 11.3 Å². The van der Waals surface area contributed by atoms with Gasteiger partial charge in [-0.1, -0.05) is 12.8 Å². The molecule has 1 aromatic heterocycles. The fourth-order valence-electron chi connectivity index (χ4n) is 3.39. The predicted octanol–water partition coefficient (Wildman–Crippen LogP) is 1.78. The van der Waals surface area contributed by atoms with E-state index in [0.717, 1.165) is 38.5 Å². The first-order valence-electron chi connectivity index (χ1n) is 8.45. The molecule has 1 saturated carbocycles. The number of thiophene rings is 1. The quantitative estimate of drug-likeness (QED) is 0.767. The largest absolute Gasteiger partial charge is 0.388 e. The molecule has 0 radical (unpaired) electrons. The summed E-state index contributed by atoms with van der Waals surface area (Å²) >= 11 is 1.54. The van der Waals surface area contributed by atoms with Crippen molar-refractivity contribution in [3.63, 3.8) is 0 Å². The molecule has 2 aliphatic carbocycles. The third-order valence-electron chi connectivity index (χ3n) is 4.78. The molecular weight excluding hydrogens is 312 g/mol. The minimum absolute atomic E-state index is 0.0442. The first-order chi connectivity index (χ1) is 11.1. The molecule has 1 heterocycles. The van der Waals surface area contributed by atoms with Gasteiger partial charge in [-0.2, -0.15) is 0 Å². The molecule has 2 amide bonds. The van der Waals surface area contributed by atoms with Crippen LogP contribution in [0, 0.1) is 0 Å². The highest BCUT2D eigenvalue weighted by Crippen LogP contribution is 2.30. The Balaban J connectivity index is 1.45. The molecule has 0 spiro atoms. The summed E-state index contributed by atoms with van der Waals surface area (Å²) in [6.07, 6.45) is 7.99. The molecule has 0 bridgehead atoms. The number of aliphatic hydroxyl groups is 1. The molecule has 3 N–H and O–H groups in total. The molecule has 3 rings (SSSR count). The van der Waals surface area contributed by atoms with Gasteiger partial charge in [0.2, 0.25) is 5.91 Å². The molecule has 2 aliphatic rings. The Morgan fingerprint density at radius 1 is 1.13 bits per heavy atom. The van der Waals surface area contributed by atoms with Gasteiger partial charge in [-0.05, 0) is 50.2 Å². The summed E-state index contributed by atoms with van der Waals surface area (Å²) in [4.78, 5) is 26.0. The zero-order valence-corrected chi connectivity index (χ0v) is 14.1. The number of fused-ring (bicyclic) bond motifs is 1. The second-order valence-electron chi connectivity index (χ2n) is 6.66. The molecule has 0 atom stereocenters. The zero-order valence-electron chi connectivity index (χ0n) is 13.3. The molecule has 126 valence electrons. The lowest BCUT2D eigenvalue weighted by Crippen LogP contribution is -2.44. The maximum Gasteiger partial charge on any atom is 0.261 e. The minimum Gasteiger partial charge on any atom is -0.388 e. The lowest BCUT2D eigenvalue weighted by atomic mass is 9.99. The predicted molar refractivity (Wildman–Crippen MR) is 89.7 cm³/mol. The van der Waals surface area contributed by atoms with Gasteiger partial charge in [0, 0.05) is 11.4 Å². The average Bonchev–Trinajstić information content (AvgIpc) is 3.17. The Morgan fingerprint density at radius 3 is 2.61 bits per heavy atom. The van der Waals surface area contributed by atoms with Gasteiger partial charge in [-0.15, -0.1) is 11.3 Å². The van der Waals surface area contributed by atoms with Crippen LogP contribution in [0.5, 0.6) is 0 Å². The molecule has 0 saturated heterocycles. The van der Waals surface area contributed by atoms with Crippen LogP contribution in [0.4, 0.5) is 0 Å². The van der Waals surface area contributed by atoms with E-state index < -0.39 is 5.60 Å². The number of amides is 2. The van der Waals surface area contributed by atoms with Crippen LogP contribution in [0.3, 0.4) is 0 Å². The van der Waals surface area contributed by atoms with Gasteiger partial charge in [0.1, 0.15) is 0 Å². The van der Waals surface area contributed by atoms with Gasteiger partial charge in [0.15, 0.2) is 0 Å². The maximum atomic E-state index is 12.2. The highest BCUT2D eigenvalue weighted by Gasteiger charge is 2.31. The van der Waals surface area contributed by atoms with Crippen molar-refractivity contribution in [1.82, 2.24) is 10.6 Å². The summed E-state index contributed by atoms with van der Waals surface area (Å²) < 4.78 is 0. The molecule has 1 fully saturated rings. The van der Waals surface area contributed by atoms with Crippen molar-refractivity contribution in [3.05, 3.63) is 21.4 Å². The summed E-state index contributed by atoms with van der Waals surface area (Å²) in [5, 5.41) is 15.6. The SMILES string of the molecule is O=C(CNC(=O)c1cc2c(s1)CCCC2)NCC1(O)CCCC1. The topological polar surface area (TPSA) is 78.4 Å². The molecule has 0 unspecified atom stereocenters. The Kier molecular flexibility index (Phi) is 5.02. The van der Waals surface area contributed by atoms with E-state index in [1.165, 1.54) is 23.3 Å². The standard InChI is InChI=1S/C17H24N2O3S/c20-15(19-11-17(22)7-3-4-8-17)10-18-16(21)14-9-12-5-1-2-6-13(12)23-14/h9,22H,1-8,10-11H2,(H,18,21)(H,19,20). The van der Waals surface area contributed by atoms with Crippen LogP contribution >= 0.6 is 11.3 Å². The highest BCUT2D eigenvalue weighted by molar-refractivity contribution is 7.14. The highest BCUT2D eigenvalue weighted by atomic mass is 32.1. The minimum atomic E-state index is -0.757. The number of rotatable bonds is 5. The van der Waals surface area contributed by atoms with Gasteiger partial charge in [-0.25, -0.2) is 0 Å². The van der Waals surface area contributed by atoms with Crippen molar-refractivity contribution in [3.8, 4) is 0 Å². The molecule has 6 heteroatoms. The van der Waals surface area contributed by atoms with Crippen molar-refractivity contribution in [2.75, 3.05) is 13.1 Å². The smallest absolute Gasteiger partial charge is 0.261 e. The van der Waals surface area contributed by atoms with E-state index in [-0.39, 0.29) is 24.9 Å². The lowest BCUT2D eigenvalue weighted by Gasteiger charge is -2.22. The third-order valence-corrected chi connectivity index (χ3v) is 6.01. The summed E-state index contributed by atoms with van der Waals surface area (Å²) in [5.41, 5.74) is 0.534. The number of nitrogens with one attached hydrogen (secondary N) is 2. The Labute approximate surface area is 140 Å². The van der Waals surface area contributed by atoms with Gasteiger partial charge in [-0.3, -0.25) is 9.59 Å². The first kappa shape index (κ1) is 16.5. The number of aryl methyl sites for hydroxylation is 2. The molecule has 23 heavy (non-hydrogen) atoms. The second-order valence-corrected chi connectivity index (χ2v) is 7.79. The van der Waals surface area contributed by atoms with Crippen molar-refractivity contribution in [2.45, 2.75) is 57.0 Å². The number of carbonyl (C=O) groups is 2. The van der Waals surface area contributed by atoms with Gasteiger partial charge < -0.3 is 15.7 Å². The molecular formula is C17H24N2O3S. The summed E-state index contributed by atoms with van der Waals surface area (Å²) in [5.74, 6) is -0.431. The van der Waals surface area contributed by atoms with Crippen molar-refractivity contribution in [2.24, 2.45) is 0 Å². The fourth-order valence-corrected chi connectivity index (χ4v) is 4.56. The van der Waals surface area contributed by atoms with Gasteiger partial charge in [0.25, 0.3) is 5.91 Å². The van der Waals surface area contributed by atoms with E-state index in [2.05, 4.69) is 10.6 Å². The van der Waals surface area contributed by atoms with Crippen LogP contribution < -0.4 is 10.6 Å². The van der Waals surface area contributed by atoms with Crippen molar-refractivity contribution < 1.29 is 14.7 Å². The molecule has 5 nitrogen and oxygen atoms in total. The van der Waals surface area contributed by atoms with Crippen molar-refractivity contribution in [1.29, 1.82) is 0 Å². The lowest BCUT2D eigenvalue weighted by molar-refractivity contribution is -0.121. The monoisotopic (exact) mass is 336 g/mol. The zero-order chi connectivity index (χ0) is 16.3. The van der Waals surface area contributed by atoms with Crippen LogP contribution in [-0.4, -0.2) is 35.6 Å². The van der Waals surface area contributed by atoms with Gasteiger partial charge in [0.05, 0.1) is 17.0 Å². The first-order valence-corrected chi connectivity index (χ1v) is 9.26. The summed E-state index contributed by atoms with van der Waals surface area (Å²) in [6, 6.07) is 1.97. The molecule has 0 aliphatic heterocycles. The maximum absolute atomic E-state index is 12.2. The van der Waals surface area contributed by atoms with Crippen LogP contribution in [-0.2, 0) is 17.6 Å². The third kappa shape index (κ3) is 4.12. The fraction of sp³-hybridized carbons (Fsp3) is 0.647. The second kappa shape index (κ2) is 7.01. The number of hydrogen-bond donors (Lipinski definition) is 3. The van der Waals surface area contributed by atoms with E-state index in [9.17, 15) is 14.7 Å². The number of hydrogen-bond acceptors (Lipinski definition) is 4. The molecule has 0 aromatic carbocycles. The van der Waals surface area contributed by atoms with Crippen LogP contribution in [0.2, 0.25) is 0 Å². The van der Waals surface area contributed by atoms with Crippen LogP contribution in [0.15, 0.2) is 6.07 Å². The van der Waals surface area contributed by atoms with E-state index >= 15 is 0 Å². The van der Waals surface area contributed by atoms with E-state index in [4.69, 9.17) is 0 Å².